The molecular formula is C60H81F3N6O7Si. The molecule has 4 aromatic rings. The summed E-state index contributed by atoms with van der Waals surface area (Å²) in [6.45, 7) is 16.5. The average Bonchev–Trinajstić information content (AvgIpc) is 3.67. The van der Waals surface area contributed by atoms with Crippen molar-refractivity contribution in [2.45, 2.75) is 140 Å². The van der Waals surface area contributed by atoms with Crippen molar-refractivity contribution in [2.75, 3.05) is 72.9 Å². The lowest BCUT2D eigenvalue weighted by molar-refractivity contribution is -0.256. The van der Waals surface area contributed by atoms with Crippen LogP contribution >= 0.6 is 0 Å². The Bertz CT molecular complexity index is 2840. The predicted molar refractivity (Wildman–Crippen MR) is 297 cm³/mol. The van der Waals surface area contributed by atoms with Crippen LogP contribution in [0.4, 0.5) is 13.2 Å². The summed E-state index contributed by atoms with van der Waals surface area (Å²) >= 11 is 0. The molecule has 3 aromatic carbocycles. The number of carbonyl (C=O) groups excluding carboxylic acids is 3. The van der Waals surface area contributed by atoms with E-state index < -0.39 is 31.6 Å². The molecule has 0 radical (unpaired) electrons. The maximum Gasteiger partial charge on any atom is 0.395 e. The Morgan fingerprint density at radius 3 is 2.25 bits per heavy atom. The number of halogens is 3. The van der Waals surface area contributed by atoms with Gasteiger partial charge in [0, 0.05) is 91.5 Å². The zero-order chi connectivity index (χ0) is 54.9. The van der Waals surface area contributed by atoms with Gasteiger partial charge in [0.05, 0.1) is 29.2 Å². The third kappa shape index (κ3) is 12.7. The van der Waals surface area contributed by atoms with E-state index in [2.05, 4.69) is 85.8 Å². The first-order valence-corrected chi connectivity index (χ1v) is 31.8. The second kappa shape index (κ2) is 23.0. The fourth-order valence-electron chi connectivity index (χ4n) is 12.8. The lowest BCUT2D eigenvalue weighted by Gasteiger charge is -2.48. The highest BCUT2D eigenvalue weighted by Crippen LogP contribution is 2.54. The number of benzene rings is 3. The Balaban J connectivity index is 0.786. The number of allylic oxidation sites excluding steroid dienone is 2. The van der Waals surface area contributed by atoms with Gasteiger partial charge in [0.1, 0.15) is 18.5 Å². The van der Waals surface area contributed by atoms with Gasteiger partial charge in [0.25, 0.3) is 11.8 Å². The number of fused-ring (bicyclic) bond motifs is 1. The molecule has 1 aromatic heterocycles. The van der Waals surface area contributed by atoms with Crippen LogP contribution in [0.3, 0.4) is 0 Å². The molecule has 13 nitrogen and oxygen atoms in total. The number of alkyl halides is 3. The molecule has 0 spiro atoms. The van der Waals surface area contributed by atoms with Crippen molar-refractivity contribution < 1.29 is 41.8 Å². The van der Waals surface area contributed by atoms with Crippen LogP contribution in [0.2, 0.25) is 25.7 Å². The monoisotopic (exact) mass is 1080 g/mol. The standard InChI is InChI=1S/C60H81F3N6O7Si/c1-57(2)40-58(28-34-76-57,48-18-20-49(74-4)21-19-48)27-29-66(41-59(25-8-26-59)60(61,62)63)39-44-11-15-46(16-12-44)45-13-9-43(10-14-45)38-65-30-32-67(33-31-65)54(71)47-17-22-50-52(37-47)64(3)56(73)69(50)51-23-24-53(70)68(55(51)72)42-75-35-36-77(5,6)7/h11-13,15-22,37,43,51H,8-10,14,23-36,38-42H2,1-7H3/t43?,51?,58-/m1/s1. The fraction of sp³-hybridized carbons (Fsp3) is 0.600. The van der Waals surface area contributed by atoms with Crippen LogP contribution in [0.5, 0.6) is 5.75 Å². The quantitative estimate of drug-likeness (QED) is 0.0514. The Labute approximate surface area is 453 Å². The summed E-state index contributed by atoms with van der Waals surface area (Å²) in [5.74, 6) is 0.410. The van der Waals surface area contributed by atoms with Gasteiger partial charge in [-0.25, -0.2) is 4.79 Å². The number of imidazole rings is 1. The maximum absolute atomic E-state index is 14.8. The minimum absolute atomic E-state index is 0.00360. The van der Waals surface area contributed by atoms with Crippen molar-refractivity contribution in [1.29, 1.82) is 0 Å². The Morgan fingerprint density at radius 2 is 1.62 bits per heavy atom. The van der Waals surface area contributed by atoms with Gasteiger partial charge in [0.2, 0.25) is 5.91 Å². The summed E-state index contributed by atoms with van der Waals surface area (Å²) in [6.07, 6.45) is 4.65. The van der Waals surface area contributed by atoms with Crippen LogP contribution in [0.25, 0.3) is 16.6 Å². The van der Waals surface area contributed by atoms with Crippen molar-refractivity contribution in [3.05, 3.63) is 106 Å². The molecule has 77 heavy (non-hydrogen) atoms. The number of methoxy groups -OCH3 is 1. The van der Waals surface area contributed by atoms with Crippen molar-refractivity contribution in [3.63, 3.8) is 0 Å². The van der Waals surface area contributed by atoms with E-state index in [1.54, 1.807) is 32.4 Å². The van der Waals surface area contributed by atoms with Gasteiger partial charge in [-0.3, -0.25) is 38.2 Å². The minimum atomic E-state index is -4.25. The number of carbonyl (C=O) groups is 3. The summed E-state index contributed by atoms with van der Waals surface area (Å²) in [6, 6.07) is 22.0. The number of hydrogen-bond donors (Lipinski definition) is 0. The Morgan fingerprint density at radius 1 is 0.896 bits per heavy atom. The normalized spacial score (nSPS) is 23.3. The van der Waals surface area contributed by atoms with Crippen LogP contribution in [0, 0.1) is 11.3 Å². The summed E-state index contributed by atoms with van der Waals surface area (Å²) in [4.78, 5) is 61.7. The van der Waals surface area contributed by atoms with E-state index in [9.17, 15) is 32.3 Å². The van der Waals surface area contributed by atoms with Gasteiger partial charge in [-0.2, -0.15) is 13.2 Å². The highest BCUT2D eigenvalue weighted by atomic mass is 28.3. The van der Waals surface area contributed by atoms with Gasteiger partial charge in [0.15, 0.2) is 0 Å². The molecule has 3 amide bonds. The molecule has 2 unspecified atom stereocenters. The SMILES string of the molecule is COc1ccc([C@]2(CCN(Cc3ccc(C4=CCC(CN5CCN(C(=O)c6ccc7c(c6)n(C)c(=O)n7C6CCC(=O)N(COCC[Si](C)(C)C)C6=O)CC5)CC4)cc3)CC3(C(F)(F)F)CCC3)CCOC(C)(C)C2)cc1. The zero-order valence-corrected chi connectivity index (χ0v) is 47.5. The Kier molecular flexibility index (Phi) is 16.9. The number of aryl methyl sites for hydroxylation is 1. The van der Waals surface area contributed by atoms with Crippen LogP contribution < -0.4 is 10.4 Å². The van der Waals surface area contributed by atoms with Gasteiger partial charge in [-0.05, 0) is 143 Å². The second-order valence-electron chi connectivity index (χ2n) is 24.8. The van der Waals surface area contributed by atoms with Crippen LogP contribution in [-0.4, -0.2) is 139 Å². The summed E-state index contributed by atoms with van der Waals surface area (Å²) < 4.78 is 64.6. The van der Waals surface area contributed by atoms with Crippen LogP contribution in [-0.2, 0) is 38.1 Å². The molecule has 3 atom stereocenters. The molecule has 4 heterocycles. The zero-order valence-electron chi connectivity index (χ0n) is 46.5. The molecule has 17 heteroatoms. The first-order chi connectivity index (χ1) is 36.6. The van der Waals surface area contributed by atoms with Gasteiger partial charge >= 0.3 is 11.9 Å². The first kappa shape index (κ1) is 56.6. The van der Waals surface area contributed by atoms with E-state index >= 15 is 0 Å². The molecule has 0 bridgehead atoms. The molecule has 1 saturated carbocycles. The van der Waals surface area contributed by atoms with Crippen molar-refractivity contribution in [3.8, 4) is 5.75 Å². The number of piperidine rings is 1. The second-order valence-corrected chi connectivity index (χ2v) is 30.4. The summed E-state index contributed by atoms with van der Waals surface area (Å²) in [5, 5.41) is 0. The largest absolute Gasteiger partial charge is 0.497 e. The summed E-state index contributed by atoms with van der Waals surface area (Å²) in [5.41, 5.74) is 3.59. The number of amides is 3. The van der Waals surface area contributed by atoms with E-state index in [1.165, 1.54) is 20.3 Å². The lowest BCUT2D eigenvalue weighted by atomic mass is 9.66. The molecule has 2 aliphatic carbocycles. The van der Waals surface area contributed by atoms with E-state index in [1.807, 2.05) is 17.0 Å². The number of likely N-dealkylation sites (tertiary alicyclic amines) is 1. The average molecular weight is 1080 g/mol. The third-order valence-electron chi connectivity index (χ3n) is 17.7. The fourth-order valence-corrected chi connectivity index (χ4v) is 13.5. The van der Waals surface area contributed by atoms with E-state index in [-0.39, 0.29) is 67.5 Å². The van der Waals surface area contributed by atoms with Crippen molar-refractivity contribution >= 4 is 42.4 Å². The molecule has 3 aliphatic heterocycles. The molecule has 5 aliphatic rings. The number of piperazine rings is 1. The van der Waals surface area contributed by atoms with E-state index in [0.717, 1.165) is 86.0 Å². The van der Waals surface area contributed by atoms with Crippen molar-refractivity contribution in [2.24, 2.45) is 18.4 Å². The smallest absolute Gasteiger partial charge is 0.395 e. The topological polar surface area (TPSA) is 119 Å². The van der Waals surface area contributed by atoms with E-state index in [0.29, 0.717) is 68.3 Å². The Hall–Kier alpha value is -5.07. The highest BCUT2D eigenvalue weighted by molar-refractivity contribution is 6.76. The van der Waals surface area contributed by atoms with Gasteiger partial charge in [-0.15, -0.1) is 0 Å². The number of hydrogen-bond acceptors (Lipinski definition) is 9. The first-order valence-electron chi connectivity index (χ1n) is 28.1. The number of ether oxygens (including phenoxy) is 3. The van der Waals surface area contributed by atoms with Crippen molar-refractivity contribution in [1.82, 2.24) is 28.7 Å². The van der Waals surface area contributed by atoms with Gasteiger partial charge < -0.3 is 19.1 Å². The highest BCUT2D eigenvalue weighted by Gasteiger charge is 2.58. The predicted octanol–water partition coefficient (Wildman–Crippen LogP) is 10.4. The lowest BCUT2D eigenvalue weighted by Crippen LogP contribution is -2.52. The number of imide groups is 1. The third-order valence-corrected chi connectivity index (χ3v) is 19.4. The molecule has 0 N–H and O–H groups in total. The number of aromatic nitrogens is 2. The van der Waals surface area contributed by atoms with Crippen LogP contribution in [0.15, 0.2) is 77.6 Å². The number of nitrogens with zero attached hydrogens (tertiary/aromatic N) is 6. The number of rotatable bonds is 19. The minimum Gasteiger partial charge on any atom is -0.497 e. The maximum atomic E-state index is 14.8. The van der Waals surface area contributed by atoms with E-state index in [4.69, 9.17) is 14.2 Å². The van der Waals surface area contributed by atoms with Gasteiger partial charge in [-0.1, -0.05) is 68.5 Å². The summed E-state index contributed by atoms with van der Waals surface area (Å²) in [7, 11) is 1.93. The molecule has 3 saturated heterocycles. The molecular weight excluding hydrogens is 1000 g/mol. The van der Waals surface area contributed by atoms with Crippen LogP contribution in [0.1, 0.15) is 118 Å². The molecule has 9 rings (SSSR count). The molecule has 418 valence electrons. The molecule has 4 fully saturated rings.